The first kappa shape index (κ1) is 11.3. The number of rotatable bonds is 2. The van der Waals surface area contributed by atoms with E-state index < -0.39 is 0 Å². The Kier molecular flexibility index (Phi) is 2.58. The zero-order chi connectivity index (χ0) is 12.7. The van der Waals surface area contributed by atoms with Crippen molar-refractivity contribution >= 4 is 23.2 Å². The highest BCUT2D eigenvalue weighted by Crippen LogP contribution is 2.33. The number of anilines is 2. The molecule has 2 aliphatic rings. The van der Waals surface area contributed by atoms with E-state index in [1.54, 1.807) is 11.8 Å². The zero-order valence-electron chi connectivity index (χ0n) is 10.4. The van der Waals surface area contributed by atoms with Crippen LogP contribution in [0.5, 0.6) is 0 Å². The molecule has 18 heavy (non-hydrogen) atoms. The minimum absolute atomic E-state index is 0.0727. The van der Waals surface area contributed by atoms with Gasteiger partial charge in [-0.1, -0.05) is 0 Å². The molecule has 0 atom stereocenters. The highest BCUT2D eigenvalue weighted by molar-refractivity contribution is 5.96. The molecule has 0 bridgehead atoms. The largest absolute Gasteiger partial charge is 0.326 e. The molecule has 4 nitrogen and oxygen atoms in total. The molecule has 1 aromatic rings. The third-order valence-electron chi connectivity index (χ3n) is 3.57. The van der Waals surface area contributed by atoms with Crippen LogP contribution < -0.4 is 10.2 Å². The van der Waals surface area contributed by atoms with Gasteiger partial charge in [0.05, 0.1) is 0 Å². The number of carbonyl (C=O) groups excluding carboxylic acids is 2. The van der Waals surface area contributed by atoms with Gasteiger partial charge in [-0.15, -0.1) is 0 Å². The summed E-state index contributed by atoms with van der Waals surface area (Å²) in [7, 11) is 0. The average Bonchev–Trinajstić information content (AvgIpc) is 3.09. The fraction of sp³-hybridized carbons (Fsp3) is 0.429. The summed E-state index contributed by atoms with van der Waals surface area (Å²) >= 11 is 0. The predicted molar refractivity (Wildman–Crippen MR) is 69.5 cm³/mol. The Balaban J connectivity index is 1.79. The van der Waals surface area contributed by atoms with Gasteiger partial charge in [-0.2, -0.15) is 0 Å². The lowest BCUT2D eigenvalue weighted by Gasteiger charge is -2.15. The van der Waals surface area contributed by atoms with E-state index in [9.17, 15) is 9.59 Å². The SMILES string of the molecule is CC(=O)N1CCc2cc(NC(=O)C3CC3)ccc21. The zero-order valence-corrected chi connectivity index (χ0v) is 10.4. The monoisotopic (exact) mass is 244 g/mol. The smallest absolute Gasteiger partial charge is 0.227 e. The van der Waals surface area contributed by atoms with Crippen molar-refractivity contribution in [3.8, 4) is 0 Å². The average molecular weight is 244 g/mol. The lowest BCUT2D eigenvalue weighted by Crippen LogP contribution is -2.25. The second-order valence-electron chi connectivity index (χ2n) is 5.03. The van der Waals surface area contributed by atoms with Crippen LogP contribution in [0.2, 0.25) is 0 Å². The topological polar surface area (TPSA) is 49.4 Å². The number of hydrogen-bond donors (Lipinski definition) is 1. The summed E-state index contributed by atoms with van der Waals surface area (Å²) in [4.78, 5) is 24.9. The van der Waals surface area contributed by atoms with Crippen molar-refractivity contribution < 1.29 is 9.59 Å². The summed E-state index contributed by atoms with van der Waals surface area (Å²) in [6.45, 7) is 2.32. The van der Waals surface area contributed by atoms with Crippen LogP contribution in [0.15, 0.2) is 18.2 Å². The second kappa shape index (κ2) is 4.12. The van der Waals surface area contributed by atoms with Crippen LogP contribution in [0.4, 0.5) is 11.4 Å². The van der Waals surface area contributed by atoms with E-state index in [-0.39, 0.29) is 17.7 Å². The quantitative estimate of drug-likeness (QED) is 0.864. The molecule has 2 amide bonds. The molecule has 1 aromatic carbocycles. The molecule has 3 rings (SSSR count). The molecular formula is C14H16N2O2. The number of fused-ring (bicyclic) bond motifs is 1. The molecule has 0 spiro atoms. The molecule has 1 N–H and O–H groups in total. The van der Waals surface area contributed by atoms with Gasteiger partial charge in [0, 0.05) is 30.8 Å². The normalized spacial score (nSPS) is 17.5. The summed E-state index contributed by atoms with van der Waals surface area (Å²) in [5.74, 6) is 0.409. The van der Waals surface area contributed by atoms with Gasteiger partial charge in [-0.25, -0.2) is 0 Å². The molecule has 1 heterocycles. The Morgan fingerprint density at radius 3 is 2.78 bits per heavy atom. The molecular weight excluding hydrogens is 228 g/mol. The van der Waals surface area contributed by atoms with E-state index in [2.05, 4.69) is 5.32 Å². The van der Waals surface area contributed by atoms with Gasteiger partial charge in [0.1, 0.15) is 0 Å². The predicted octanol–water partition coefficient (Wildman–Crippen LogP) is 1.94. The van der Waals surface area contributed by atoms with Crippen molar-refractivity contribution in [3.05, 3.63) is 23.8 Å². The van der Waals surface area contributed by atoms with E-state index in [1.807, 2.05) is 18.2 Å². The van der Waals surface area contributed by atoms with Crippen LogP contribution >= 0.6 is 0 Å². The van der Waals surface area contributed by atoms with Gasteiger partial charge in [0.25, 0.3) is 0 Å². The molecule has 94 valence electrons. The third kappa shape index (κ3) is 1.98. The summed E-state index contributed by atoms with van der Waals surface area (Å²) in [5.41, 5.74) is 2.96. The molecule has 0 aromatic heterocycles. The summed E-state index contributed by atoms with van der Waals surface area (Å²) in [6.07, 6.45) is 2.88. The van der Waals surface area contributed by atoms with Gasteiger partial charge < -0.3 is 10.2 Å². The first-order valence-electron chi connectivity index (χ1n) is 6.37. The molecule has 1 saturated carbocycles. The first-order chi connectivity index (χ1) is 8.65. The summed E-state index contributed by atoms with van der Waals surface area (Å²) < 4.78 is 0. The van der Waals surface area contributed by atoms with E-state index in [0.29, 0.717) is 0 Å². The number of nitrogens with one attached hydrogen (secondary N) is 1. The van der Waals surface area contributed by atoms with Crippen LogP contribution in [0.25, 0.3) is 0 Å². The Bertz CT molecular complexity index is 521. The lowest BCUT2D eigenvalue weighted by atomic mass is 10.1. The lowest BCUT2D eigenvalue weighted by molar-refractivity contribution is -0.117. The van der Waals surface area contributed by atoms with E-state index >= 15 is 0 Å². The van der Waals surface area contributed by atoms with Gasteiger partial charge in [0.2, 0.25) is 11.8 Å². The maximum absolute atomic E-state index is 11.7. The Labute approximate surface area is 106 Å². The number of carbonyl (C=O) groups is 2. The number of hydrogen-bond acceptors (Lipinski definition) is 2. The first-order valence-corrected chi connectivity index (χ1v) is 6.37. The van der Waals surface area contributed by atoms with Crippen LogP contribution in [0.3, 0.4) is 0 Å². The maximum Gasteiger partial charge on any atom is 0.227 e. The van der Waals surface area contributed by atoms with E-state index in [0.717, 1.165) is 42.7 Å². The molecule has 0 radical (unpaired) electrons. The van der Waals surface area contributed by atoms with Crippen LogP contribution in [-0.4, -0.2) is 18.4 Å². The summed E-state index contributed by atoms with van der Waals surface area (Å²) in [5, 5.41) is 2.94. The highest BCUT2D eigenvalue weighted by Gasteiger charge is 2.30. The van der Waals surface area contributed by atoms with E-state index in [1.165, 1.54) is 0 Å². The van der Waals surface area contributed by atoms with Crippen LogP contribution in [0.1, 0.15) is 25.3 Å². The van der Waals surface area contributed by atoms with Gasteiger partial charge in [-0.05, 0) is 43.0 Å². The number of nitrogens with zero attached hydrogens (tertiary/aromatic N) is 1. The fourth-order valence-electron chi connectivity index (χ4n) is 2.40. The Morgan fingerprint density at radius 2 is 2.11 bits per heavy atom. The van der Waals surface area contributed by atoms with Gasteiger partial charge in [0.15, 0.2) is 0 Å². The maximum atomic E-state index is 11.7. The molecule has 1 fully saturated rings. The molecule has 0 unspecified atom stereocenters. The van der Waals surface area contributed by atoms with Crippen molar-refractivity contribution in [2.24, 2.45) is 5.92 Å². The van der Waals surface area contributed by atoms with Crippen molar-refractivity contribution in [3.63, 3.8) is 0 Å². The van der Waals surface area contributed by atoms with Gasteiger partial charge >= 0.3 is 0 Å². The van der Waals surface area contributed by atoms with Crippen LogP contribution in [-0.2, 0) is 16.0 Å². The minimum Gasteiger partial charge on any atom is -0.326 e. The second-order valence-corrected chi connectivity index (χ2v) is 5.03. The Morgan fingerprint density at radius 1 is 1.33 bits per heavy atom. The third-order valence-corrected chi connectivity index (χ3v) is 3.57. The highest BCUT2D eigenvalue weighted by atomic mass is 16.2. The van der Waals surface area contributed by atoms with Crippen molar-refractivity contribution in [2.45, 2.75) is 26.2 Å². The standard InChI is InChI=1S/C14H16N2O2/c1-9(17)16-7-6-11-8-12(4-5-13(11)16)15-14(18)10-2-3-10/h4-5,8,10H,2-3,6-7H2,1H3,(H,15,18). The van der Waals surface area contributed by atoms with E-state index in [4.69, 9.17) is 0 Å². The number of amides is 2. The van der Waals surface area contributed by atoms with Crippen molar-refractivity contribution in [1.82, 2.24) is 0 Å². The van der Waals surface area contributed by atoms with Crippen LogP contribution in [0, 0.1) is 5.92 Å². The molecule has 0 saturated heterocycles. The van der Waals surface area contributed by atoms with Gasteiger partial charge in [-0.3, -0.25) is 9.59 Å². The summed E-state index contributed by atoms with van der Waals surface area (Å²) in [6, 6.07) is 5.78. The molecule has 4 heteroatoms. The fourth-order valence-corrected chi connectivity index (χ4v) is 2.40. The minimum atomic E-state index is 0.0727. The molecule has 1 aliphatic heterocycles. The molecule has 1 aliphatic carbocycles. The Hall–Kier alpha value is -1.84. The van der Waals surface area contributed by atoms with Crippen molar-refractivity contribution in [2.75, 3.05) is 16.8 Å². The van der Waals surface area contributed by atoms with Crippen molar-refractivity contribution in [1.29, 1.82) is 0 Å². The number of benzene rings is 1.